The minimum absolute atomic E-state index is 0. The second kappa shape index (κ2) is 32.5. The van der Waals surface area contributed by atoms with Gasteiger partial charge in [0.2, 0.25) is 54.3 Å². The largest absolute Gasteiger partial charge is 2.00 e. The van der Waals surface area contributed by atoms with Gasteiger partial charge in [0.25, 0.3) is 0 Å². The van der Waals surface area contributed by atoms with E-state index in [0.717, 1.165) is 154 Å². The molecule has 40 unspecified atom stereocenters. The first kappa shape index (κ1) is 87.6. The summed E-state index contributed by atoms with van der Waals surface area (Å²) in [5.41, 5.74) is 0. The zero-order valence-corrected chi connectivity index (χ0v) is 73.3. The van der Waals surface area contributed by atoms with E-state index < -0.39 is 190 Å². The molecule has 8 aliphatic carbocycles. The molecular formula is C64H104Cl6N16NiO18S8. The number of hydrogen-bond acceptors (Lipinski definition) is 34. The molecule has 0 amide bonds. The minimum atomic E-state index is -5.72. The monoisotopic (exact) mass is 1910 g/mol. The first-order valence-corrected chi connectivity index (χ1v) is 57.5. The van der Waals surface area contributed by atoms with Crippen LogP contribution in [0.1, 0.15) is 154 Å². The molecule has 10 heterocycles. The van der Waals surface area contributed by atoms with E-state index in [-0.39, 0.29) is 113 Å². The molecule has 10 saturated heterocycles. The molecule has 18 fully saturated rings. The Balaban J connectivity index is 0.000000169. The average Bonchev–Trinajstić information content (AvgIpc) is 1.67. The SMILES string of the molecule is O=S(=O)([O-])C1C2C3NC4NC(NC5NC(NC6NC(NC(N3)C2C(S(=O)(=O)Cl)C(S(=O)(=O)Cl)C1S(=O)(=O)Cl)C1CCCCC61)C1CCCCC51)C1CCCCC41.O=S(=O)([O-])C1C2C3NC4NC(NC5NC(NC6NC(NC(N3)C2C(S(=O)(=O)Cl)C(S(=O)(=O)Cl)C1S(=O)(=O)Cl)C1CCCCC61)C1CCCCC51)C1CCCCC41.[Ni+2]. The summed E-state index contributed by atoms with van der Waals surface area (Å²) in [6, 6.07) is 0. The summed E-state index contributed by atoms with van der Waals surface area (Å²) in [7, 11) is -7.02. The van der Waals surface area contributed by atoms with Gasteiger partial charge in [-0.25, -0.2) is 67.3 Å². The van der Waals surface area contributed by atoms with E-state index in [2.05, 4.69) is 85.1 Å². The molecule has 16 N–H and O–H groups in total. The van der Waals surface area contributed by atoms with Crippen molar-refractivity contribution in [2.24, 2.45) is 94.7 Å². The third-order valence-corrected chi connectivity index (χ3v) is 45.4. The molecular weight excluding hydrogens is 1810 g/mol. The van der Waals surface area contributed by atoms with Crippen LogP contribution in [0.5, 0.6) is 0 Å². The number of nitrogens with one attached hydrogen (secondary N) is 16. The molecule has 8 saturated carbocycles. The first-order chi connectivity index (χ1) is 52.6. The van der Waals surface area contributed by atoms with E-state index in [1.54, 1.807) is 0 Å². The van der Waals surface area contributed by atoms with Crippen LogP contribution < -0.4 is 85.1 Å². The van der Waals surface area contributed by atoms with Gasteiger partial charge >= 0.3 is 16.5 Å². The van der Waals surface area contributed by atoms with Crippen molar-refractivity contribution >= 4 is 139 Å². The van der Waals surface area contributed by atoms with E-state index >= 15 is 0 Å². The van der Waals surface area contributed by atoms with Gasteiger partial charge in [0, 0.05) is 87.8 Å². The summed E-state index contributed by atoms with van der Waals surface area (Å²) < 4.78 is 243. The third kappa shape index (κ3) is 16.5. The van der Waals surface area contributed by atoms with Crippen LogP contribution in [0.3, 0.4) is 0 Å². The quantitative estimate of drug-likeness (QED) is 0.0830. The van der Waals surface area contributed by atoms with Crippen molar-refractivity contribution in [1.29, 1.82) is 0 Å². The van der Waals surface area contributed by atoms with Crippen molar-refractivity contribution < 1.29 is 92.9 Å². The normalized spacial score (nSPS) is 50.6. The van der Waals surface area contributed by atoms with Gasteiger partial charge in [0.15, 0.2) is 0 Å². The van der Waals surface area contributed by atoms with Crippen LogP contribution in [0.4, 0.5) is 0 Å². The second-order valence-electron chi connectivity index (χ2n) is 35.8. The molecule has 0 aromatic heterocycles. The Morgan fingerprint density at radius 2 is 0.283 bits per heavy atom. The Kier molecular flexibility index (Phi) is 25.2. The molecule has 34 nitrogen and oxygen atoms in total. The van der Waals surface area contributed by atoms with E-state index in [9.17, 15) is 76.4 Å². The average molecular weight is 1910 g/mol. The molecule has 0 aromatic rings. The molecule has 113 heavy (non-hydrogen) atoms. The molecule has 18 aliphatic rings. The van der Waals surface area contributed by atoms with Crippen molar-refractivity contribution in [2.45, 2.75) is 295 Å². The summed E-state index contributed by atoms with van der Waals surface area (Å²) in [5, 5.41) is 38.9. The van der Waals surface area contributed by atoms with Crippen LogP contribution in [0.15, 0.2) is 0 Å². The summed E-state index contributed by atoms with van der Waals surface area (Å²) in [5.74, 6) is -3.93. The zero-order valence-electron chi connectivity index (χ0n) is 61.3. The van der Waals surface area contributed by atoms with Crippen molar-refractivity contribution in [1.82, 2.24) is 85.1 Å². The first-order valence-electron chi connectivity index (χ1n) is 40.3. The van der Waals surface area contributed by atoms with Crippen LogP contribution >= 0.6 is 64.1 Å². The topological polar surface area (TPSA) is 512 Å². The molecule has 16 bridgehead atoms. The van der Waals surface area contributed by atoms with Gasteiger partial charge in [-0.3, -0.25) is 85.1 Å². The molecule has 10 aliphatic heterocycles. The van der Waals surface area contributed by atoms with Gasteiger partial charge in [-0.2, -0.15) is 0 Å². The van der Waals surface area contributed by atoms with Crippen molar-refractivity contribution in [3.63, 3.8) is 0 Å². The van der Waals surface area contributed by atoms with Crippen LogP contribution in [-0.4, -0.2) is 217 Å². The van der Waals surface area contributed by atoms with E-state index in [0.29, 0.717) is 23.7 Å². The minimum Gasteiger partial charge on any atom is -0.748 e. The fourth-order valence-corrected chi connectivity index (χ4v) is 46.9. The van der Waals surface area contributed by atoms with Gasteiger partial charge in [-0.05, 0) is 148 Å². The van der Waals surface area contributed by atoms with Gasteiger partial charge in [-0.15, -0.1) is 0 Å². The van der Waals surface area contributed by atoms with Crippen LogP contribution in [0.25, 0.3) is 0 Å². The summed E-state index contributed by atoms with van der Waals surface area (Å²) >= 11 is 0. The summed E-state index contributed by atoms with van der Waals surface area (Å²) in [6.45, 7) is 0. The third-order valence-electron chi connectivity index (χ3n) is 30.6. The fraction of sp³-hybridized carbons (Fsp3) is 1.00. The Labute approximate surface area is 699 Å². The number of rotatable bonds is 8. The molecule has 49 heteroatoms. The van der Waals surface area contributed by atoms with Gasteiger partial charge < -0.3 is 9.11 Å². The maximum atomic E-state index is 13.7. The number of hydrogen-bond donors (Lipinski definition) is 16. The van der Waals surface area contributed by atoms with Crippen LogP contribution in [-0.2, 0) is 91.0 Å². The van der Waals surface area contributed by atoms with Gasteiger partial charge in [-0.1, -0.05) is 77.0 Å². The van der Waals surface area contributed by atoms with Crippen molar-refractivity contribution in [3.8, 4) is 0 Å². The fourth-order valence-electron chi connectivity index (χ4n) is 26.7. The van der Waals surface area contributed by atoms with E-state index in [4.69, 9.17) is 64.1 Å². The standard InChI is InChI=1S/2C32H53Cl3N8O9S4.Ni/c2*33-53(44,45)21-19-20(22(56(50,51)52)24(55(35,48)49)23(21)54(34,46)47)32-42-30-18-12-6-4-10-16(18)28(40-30)38-26-14-8-2-1-7-13(14)25(36-26)37-27-15-9-3-5-11-17(15)29(39-27)41-31(19)43-32;/h2*13-32,36-43H,1-12H2,(H,50,51,52);/q;;+2/p-2. The Morgan fingerprint density at radius 1 is 0.177 bits per heavy atom. The van der Waals surface area contributed by atoms with E-state index in [1.165, 1.54) is 0 Å². The molecule has 648 valence electrons. The molecule has 0 spiro atoms. The van der Waals surface area contributed by atoms with Crippen molar-refractivity contribution in [2.75, 3.05) is 0 Å². The Hall–Kier alpha value is 1.11. The maximum Gasteiger partial charge on any atom is 2.00 e. The Morgan fingerprint density at radius 3 is 0.407 bits per heavy atom. The van der Waals surface area contributed by atoms with Gasteiger partial charge in [0.05, 0.1) is 129 Å². The Bertz CT molecular complexity index is 4000. The van der Waals surface area contributed by atoms with Crippen LogP contribution in [0.2, 0.25) is 0 Å². The predicted molar refractivity (Wildman–Crippen MR) is 416 cm³/mol. The summed E-state index contributed by atoms with van der Waals surface area (Å²) in [4.78, 5) is 0. The summed E-state index contributed by atoms with van der Waals surface area (Å²) in [6.07, 6.45) is 16.7. The number of halogens is 6. The maximum absolute atomic E-state index is 13.7. The van der Waals surface area contributed by atoms with E-state index in [1.807, 2.05) is 0 Å². The molecule has 40 atom stereocenters. The molecule has 0 aromatic carbocycles. The van der Waals surface area contributed by atoms with Crippen molar-refractivity contribution in [3.05, 3.63) is 0 Å². The smallest absolute Gasteiger partial charge is 0.748 e. The number of fused-ring (bicyclic) bond motifs is 40. The zero-order chi connectivity index (χ0) is 79.4. The molecule has 18 rings (SSSR count). The second-order valence-corrected chi connectivity index (χ2v) is 55.6. The predicted octanol–water partition coefficient (Wildman–Crippen LogP) is -0.461. The van der Waals surface area contributed by atoms with Gasteiger partial charge in [0.1, 0.15) is 31.5 Å². The molecule has 0 radical (unpaired) electrons. The van der Waals surface area contributed by atoms with Crippen LogP contribution in [0, 0.1) is 94.7 Å².